The first-order valence-corrected chi connectivity index (χ1v) is 4.94. The van der Waals surface area contributed by atoms with Gasteiger partial charge in [-0.25, -0.2) is 0 Å². The van der Waals surface area contributed by atoms with Crippen LogP contribution in [0.25, 0.3) is 0 Å². The molecule has 0 aliphatic heterocycles. The summed E-state index contributed by atoms with van der Waals surface area (Å²) >= 11 is 0. The highest BCUT2D eigenvalue weighted by Gasteiger charge is 2.35. The van der Waals surface area contributed by atoms with Gasteiger partial charge in [-0.15, -0.1) is 6.58 Å². The Morgan fingerprint density at radius 1 is 1.19 bits per heavy atom. The summed E-state index contributed by atoms with van der Waals surface area (Å²) in [5.74, 6) is -2.61. The van der Waals surface area contributed by atoms with E-state index in [9.17, 15) is 9.59 Å². The molecule has 90 valence electrons. The summed E-state index contributed by atoms with van der Waals surface area (Å²) in [4.78, 5) is 23.1. The van der Waals surface area contributed by atoms with E-state index >= 15 is 0 Å². The Balaban J connectivity index is 5.22. The molecule has 0 amide bonds. The van der Waals surface area contributed by atoms with Gasteiger partial charge in [-0.3, -0.25) is 9.59 Å². The highest BCUT2D eigenvalue weighted by molar-refractivity contribution is 5.95. The zero-order valence-corrected chi connectivity index (χ0v) is 10.1. The number of ether oxygens (including phenoxy) is 2. The van der Waals surface area contributed by atoms with E-state index in [1.807, 2.05) is 19.9 Å². The Hall–Kier alpha value is -1.58. The quantitative estimate of drug-likeness (QED) is 0.407. The van der Waals surface area contributed by atoms with Gasteiger partial charge in [0.2, 0.25) is 0 Å². The third-order valence-electron chi connectivity index (χ3n) is 2.50. The van der Waals surface area contributed by atoms with E-state index in [4.69, 9.17) is 0 Å². The van der Waals surface area contributed by atoms with Crippen molar-refractivity contribution in [1.82, 2.24) is 0 Å². The second-order valence-electron chi connectivity index (χ2n) is 3.32. The molecule has 0 spiro atoms. The summed E-state index contributed by atoms with van der Waals surface area (Å²) in [6.07, 6.45) is 3.37. The van der Waals surface area contributed by atoms with Gasteiger partial charge < -0.3 is 9.47 Å². The van der Waals surface area contributed by atoms with Crippen molar-refractivity contribution >= 4 is 11.9 Å². The van der Waals surface area contributed by atoms with Crippen molar-refractivity contribution in [1.29, 1.82) is 0 Å². The molecule has 0 saturated carbocycles. The predicted octanol–water partition coefficient (Wildman–Crippen LogP) is 1.72. The molecule has 4 heteroatoms. The van der Waals surface area contributed by atoms with E-state index in [0.717, 1.165) is 5.57 Å². The van der Waals surface area contributed by atoms with Gasteiger partial charge >= 0.3 is 11.9 Å². The van der Waals surface area contributed by atoms with E-state index in [2.05, 4.69) is 16.1 Å². The zero-order valence-electron chi connectivity index (χ0n) is 10.1. The van der Waals surface area contributed by atoms with Crippen LogP contribution >= 0.6 is 0 Å². The summed E-state index contributed by atoms with van der Waals surface area (Å²) in [6.45, 7) is 7.28. The highest BCUT2D eigenvalue weighted by Crippen LogP contribution is 2.24. The smallest absolute Gasteiger partial charge is 0.321 e. The molecular formula is C12H18O4. The monoisotopic (exact) mass is 226 g/mol. The van der Waals surface area contributed by atoms with Crippen molar-refractivity contribution in [3.63, 3.8) is 0 Å². The Morgan fingerprint density at radius 3 is 1.88 bits per heavy atom. The van der Waals surface area contributed by atoms with Crippen molar-refractivity contribution in [2.45, 2.75) is 13.8 Å². The first-order valence-electron chi connectivity index (χ1n) is 4.94. The molecule has 0 saturated heterocycles. The van der Waals surface area contributed by atoms with Gasteiger partial charge in [0, 0.05) is 5.92 Å². The molecule has 0 N–H and O–H groups in total. The maximum Gasteiger partial charge on any atom is 0.321 e. The number of hydrogen-bond donors (Lipinski definition) is 0. The number of methoxy groups -OCH3 is 2. The lowest BCUT2D eigenvalue weighted by Crippen LogP contribution is -2.33. The van der Waals surface area contributed by atoms with Crippen LogP contribution in [-0.2, 0) is 19.1 Å². The van der Waals surface area contributed by atoms with Gasteiger partial charge in [0.25, 0.3) is 0 Å². The maximum absolute atomic E-state index is 11.5. The fourth-order valence-corrected chi connectivity index (χ4v) is 1.42. The Bertz CT molecular complexity index is 288. The van der Waals surface area contributed by atoms with Crippen molar-refractivity contribution in [2.75, 3.05) is 14.2 Å². The van der Waals surface area contributed by atoms with Crippen LogP contribution in [0.5, 0.6) is 0 Å². The molecule has 0 fully saturated rings. The standard InChI is InChI=1S/C12H18O4/c1-6-8(3)9(7-2)10(11(13)15-4)12(14)16-5/h6-7,9-10H,2H2,1,3-5H3/b8-6+/t9-/m1/s1. The largest absolute Gasteiger partial charge is 0.468 e. The van der Waals surface area contributed by atoms with Crippen LogP contribution in [0.15, 0.2) is 24.3 Å². The van der Waals surface area contributed by atoms with E-state index in [1.54, 1.807) is 6.08 Å². The molecule has 0 heterocycles. The maximum atomic E-state index is 11.5. The summed E-state index contributed by atoms with van der Waals surface area (Å²) in [5.41, 5.74) is 0.871. The third-order valence-corrected chi connectivity index (χ3v) is 2.50. The summed E-state index contributed by atoms with van der Waals surface area (Å²) < 4.78 is 9.20. The molecule has 0 aliphatic carbocycles. The lowest BCUT2D eigenvalue weighted by atomic mass is 9.86. The van der Waals surface area contributed by atoms with Crippen LogP contribution in [0, 0.1) is 11.8 Å². The molecular weight excluding hydrogens is 208 g/mol. The number of rotatable bonds is 5. The van der Waals surface area contributed by atoms with Crippen LogP contribution in [0.4, 0.5) is 0 Å². The SMILES string of the molecule is C=C[C@H](/C(C)=C/C)C(C(=O)OC)C(=O)OC. The number of carbonyl (C=O) groups excluding carboxylic acids is 2. The molecule has 0 aromatic carbocycles. The molecule has 0 aliphatic rings. The molecule has 0 radical (unpaired) electrons. The molecule has 1 atom stereocenters. The van der Waals surface area contributed by atoms with Crippen molar-refractivity contribution in [3.8, 4) is 0 Å². The average molecular weight is 226 g/mol. The number of hydrogen-bond acceptors (Lipinski definition) is 4. The van der Waals surface area contributed by atoms with Crippen LogP contribution in [0.1, 0.15) is 13.8 Å². The van der Waals surface area contributed by atoms with Crippen LogP contribution in [-0.4, -0.2) is 26.2 Å². The van der Waals surface area contributed by atoms with E-state index in [1.165, 1.54) is 14.2 Å². The topological polar surface area (TPSA) is 52.6 Å². The third kappa shape index (κ3) is 3.22. The molecule has 0 bridgehead atoms. The summed E-state index contributed by atoms with van der Waals surface area (Å²) in [6, 6.07) is 0. The second kappa shape index (κ2) is 6.82. The molecule has 0 unspecified atom stereocenters. The molecule has 0 rings (SSSR count). The van der Waals surface area contributed by atoms with Crippen molar-refractivity contribution < 1.29 is 19.1 Å². The fourth-order valence-electron chi connectivity index (χ4n) is 1.42. The average Bonchev–Trinajstić information content (AvgIpc) is 2.32. The Labute approximate surface area is 95.9 Å². The van der Waals surface area contributed by atoms with Gasteiger partial charge in [-0.05, 0) is 13.8 Å². The minimum atomic E-state index is -0.983. The first-order chi connectivity index (χ1) is 7.53. The van der Waals surface area contributed by atoms with Gasteiger partial charge in [0.05, 0.1) is 14.2 Å². The zero-order chi connectivity index (χ0) is 12.7. The van der Waals surface area contributed by atoms with Crippen LogP contribution in [0.2, 0.25) is 0 Å². The van der Waals surface area contributed by atoms with Gasteiger partial charge in [0.1, 0.15) is 0 Å². The second-order valence-corrected chi connectivity index (χ2v) is 3.32. The molecule has 16 heavy (non-hydrogen) atoms. The summed E-state index contributed by atoms with van der Waals surface area (Å²) in [5, 5.41) is 0. The van der Waals surface area contributed by atoms with Crippen molar-refractivity contribution in [2.24, 2.45) is 11.8 Å². The normalized spacial score (nSPS) is 13.2. The van der Waals surface area contributed by atoms with Crippen LogP contribution < -0.4 is 0 Å². The molecule has 0 aromatic heterocycles. The van der Waals surface area contributed by atoms with E-state index in [0.29, 0.717) is 0 Å². The number of carbonyl (C=O) groups is 2. The summed E-state index contributed by atoms with van der Waals surface area (Å²) in [7, 11) is 2.48. The van der Waals surface area contributed by atoms with Crippen molar-refractivity contribution in [3.05, 3.63) is 24.3 Å². The fraction of sp³-hybridized carbons (Fsp3) is 0.500. The van der Waals surface area contributed by atoms with Gasteiger partial charge in [-0.1, -0.05) is 17.7 Å². The number of allylic oxidation sites excluding steroid dienone is 3. The molecule has 4 nitrogen and oxygen atoms in total. The highest BCUT2D eigenvalue weighted by atomic mass is 16.5. The minimum absolute atomic E-state index is 0.398. The first kappa shape index (κ1) is 14.4. The Kier molecular flexibility index (Phi) is 6.15. The number of esters is 2. The Morgan fingerprint density at radius 2 is 1.62 bits per heavy atom. The van der Waals surface area contributed by atoms with E-state index < -0.39 is 23.8 Å². The minimum Gasteiger partial charge on any atom is -0.468 e. The lowest BCUT2D eigenvalue weighted by molar-refractivity contribution is -0.160. The predicted molar refractivity (Wildman–Crippen MR) is 60.6 cm³/mol. The van der Waals surface area contributed by atoms with Gasteiger partial charge in [0.15, 0.2) is 5.92 Å². The van der Waals surface area contributed by atoms with E-state index in [-0.39, 0.29) is 0 Å². The van der Waals surface area contributed by atoms with Gasteiger partial charge in [-0.2, -0.15) is 0 Å². The van der Waals surface area contributed by atoms with Crippen LogP contribution in [0.3, 0.4) is 0 Å². The molecule has 0 aromatic rings. The lowest BCUT2D eigenvalue weighted by Gasteiger charge is -2.20.